The highest BCUT2D eigenvalue weighted by Gasteiger charge is 2.52. The fraction of sp³-hybridized carbons (Fsp3) is 0.531. The van der Waals surface area contributed by atoms with Gasteiger partial charge in [0.2, 0.25) is 11.9 Å². The van der Waals surface area contributed by atoms with E-state index in [4.69, 9.17) is 4.74 Å². The number of amides is 2. The van der Waals surface area contributed by atoms with Gasteiger partial charge in [0.1, 0.15) is 11.4 Å². The predicted octanol–water partition coefficient (Wildman–Crippen LogP) is 5.73. The number of benzene rings is 1. The number of anilines is 2. The minimum absolute atomic E-state index is 0.0748. The van der Waals surface area contributed by atoms with Crippen LogP contribution in [0.5, 0.6) is 5.75 Å². The lowest BCUT2D eigenvalue weighted by molar-refractivity contribution is -0.163. The lowest BCUT2D eigenvalue weighted by Crippen LogP contribution is -2.45. The Bertz CT molecular complexity index is 1540. The zero-order chi connectivity index (χ0) is 31.6. The SMILES string of the molecule is CC(C)(C)OC(=O)C1CC2CC(CC(NC(=O)c3cnc(N4C(=O)C5(C=CCC5)c5cc(O)ccc54)nc3C(F)(F)F)C2)C1. The Morgan fingerprint density at radius 2 is 1.80 bits per heavy atom. The molecule has 2 bridgehead atoms. The zero-order valence-electron chi connectivity index (χ0n) is 24.8. The molecule has 1 aliphatic heterocycles. The van der Waals surface area contributed by atoms with Gasteiger partial charge in [-0.05, 0) is 101 Å². The number of nitrogens with one attached hydrogen (secondary N) is 1. The molecular weight excluding hydrogens is 577 g/mol. The van der Waals surface area contributed by atoms with E-state index in [0.717, 1.165) is 17.5 Å². The summed E-state index contributed by atoms with van der Waals surface area (Å²) in [6.07, 6.45) is 3.55. The minimum Gasteiger partial charge on any atom is -0.508 e. The van der Waals surface area contributed by atoms with Crippen molar-refractivity contribution >= 4 is 29.4 Å². The molecule has 2 heterocycles. The van der Waals surface area contributed by atoms with Crippen LogP contribution in [-0.2, 0) is 25.9 Å². The first-order valence-electron chi connectivity index (χ1n) is 15.0. The Morgan fingerprint density at radius 1 is 1.09 bits per heavy atom. The Kier molecular flexibility index (Phi) is 7.24. The molecule has 3 aliphatic carbocycles. The fourth-order valence-corrected chi connectivity index (χ4v) is 7.45. The summed E-state index contributed by atoms with van der Waals surface area (Å²) >= 11 is 0. The van der Waals surface area contributed by atoms with Gasteiger partial charge in [-0.25, -0.2) is 14.9 Å². The molecule has 2 N–H and O–H groups in total. The molecule has 234 valence electrons. The van der Waals surface area contributed by atoms with Gasteiger partial charge < -0.3 is 15.2 Å². The minimum atomic E-state index is -5.00. The van der Waals surface area contributed by atoms with Crippen LogP contribution < -0.4 is 10.2 Å². The van der Waals surface area contributed by atoms with Crippen molar-refractivity contribution in [1.82, 2.24) is 15.3 Å². The van der Waals surface area contributed by atoms with Crippen LogP contribution in [0.15, 0.2) is 36.5 Å². The summed E-state index contributed by atoms with van der Waals surface area (Å²) in [6, 6.07) is 3.87. The predicted molar refractivity (Wildman–Crippen MR) is 153 cm³/mol. The van der Waals surface area contributed by atoms with E-state index in [0.29, 0.717) is 44.1 Å². The number of hydrogen-bond donors (Lipinski definition) is 2. The highest BCUT2D eigenvalue weighted by atomic mass is 19.4. The summed E-state index contributed by atoms with van der Waals surface area (Å²) in [4.78, 5) is 48.5. The first-order chi connectivity index (χ1) is 20.6. The number of carbonyl (C=O) groups is 3. The van der Waals surface area contributed by atoms with Crippen molar-refractivity contribution in [2.24, 2.45) is 17.8 Å². The van der Waals surface area contributed by atoms with E-state index in [1.807, 2.05) is 26.8 Å². The van der Waals surface area contributed by atoms with Crippen molar-refractivity contribution in [1.29, 1.82) is 0 Å². The van der Waals surface area contributed by atoms with Gasteiger partial charge >= 0.3 is 12.1 Å². The second-order valence-corrected chi connectivity index (χ2v) is 13.5. The number of aromatic nitrogens is 2. The van der Waals surface area contributed by atoms with Gasteiger partial charge in [0.05, 0.1) is 22.6 Å². The topological polar surface area (TPSA) is 122 Å². The molecular formula is C32H35F3N4O5. The van der Waals surface area contributed by atoms with E-state index in [-0.39, 0.29) is 41.2 Å². The lowest BCUT2D eigenvalue weighted by Gasteiger charge is -2.42. The fourth-order valence-electron chi connectivity index (χ4n) is 7.45. The second-order valence-electron chi connectivity index (χ2n) is 13.5. The Morgan fingerprint density at radius 3 is 2.41 bits per heavy atom. The molecule has 4 aliphatic rings. The number of nitrogens with zero attached hydrogens (tertiary/aromatic N) is 3. The van der Waals surface area contributed by atoms with Gasteiger partial charge in [-0.15, -0.1) is 0 Å². The average molecular weight is 613 g/mol. The van der Waals surface area contributed by atoms with Crippen molar-refractivity contribution < 1.29 is 37.4 Å². The largest absolute Gasteiger partial charge is 0.508 e. The number of carbonyl (C=O) groups excluding carboxylic acids is 3. The van der Waals surface area contributed by atoms with E-state index in [1.54, 1.807) is 6.08 Å². The number of phenolic OH excluding ortho intramolecular Hbond substituents is 1. The number of rotatable bonds is 4. The second kappa shape index (κ2) is 10.6. The third kappa shape index (κ3) is 5.43. The van der Waals surface area contributed by atoms with Crippen LogP contribution >= 0.6 is 0 Å². The van der Waals surface area contributed by atoms with Gasteiger partial charge in [-0.2, -0.15) is 13.2 Å². The molecule has 3 unspecified atom stereocenters. The molecule has 6 rings (SSSR count). The smallest absolute Gasteiger partial charge is 0.434 e. The molecule has 1 aromatic carbocycles. The molecule has 2 fully saturated rings. The Balaban J connectivity index is 1.23. The summed E-state index contributed by atoms with van der Waals surface area (Å²) in [6.45, 7) is 5.47. The van der Waals surface area contributed by atoms with Crippen LogP contribution in [0, 0.1) is 17.8 Å². The van der Waals surface area contributed by atoms with Crippen molar-refractivity contribution in [2.75, 3.05) is 4.90 Å². The van der Waals surface area contributed by atoms with Crippen LogP contribution in [0.3, 0.4) is 0 Å². The maximum atomic E-state index is 14.4. The van der Waals surface area contributed by atoms with E-state index in [2.05, 4.69) is 15.3 Å². The molecule has 3 atom stereocenters. The Labute approximate surface area is 252 Å². The summed E-state index contributed by atoms with van der Waals surface area (Å²) in [5.41, 5.74) is -3.13. The Hall–Kier alpha value is -3.96. The van der Waals surface area contributed by atoms with E-state index < -0.39 is 46.2 Å². The van der Waals surface area contributed by atoms with Gasteiger partial charge in [0.25, 0.3) is 5.91 Å². The van der Waals surface area contributed by atoms with Crippen molar-refractivity contribution in [3.8, 4) is 5.75 Å². The quantitative estimate of drug-likeness (QED) is 0.334. The number of halogens is 3. The van der Waals surface area contributed by atoms with Gasteiger partial charge in [0, 0.05) is 12.2 Å². The molecule has 12 heteroatoms. The van der Waals surface area contributed by atoms with Crippen molar-refractivity contribution in [3.05, 3.63) is 53.4 Å². The van der Waals surface area contributed by atoms with E-state index >= 15 is 0 Å². The maximum absolute atomic E-state index is 14.4. The zero-order valence-corrected chi connectivity index (χ0v) is 24.8. The van der Waals surface area contributed by atoms with Crippen molar-refractivity contribution in [3.63, 3.8) is 0 Å². The number of allylic oxidation sites excluding steroid dienone is 1. The first-order valence-corrected chi connectivity index (χ1v) is 15.0. The number of fused-ring (bicyclic) bond motifs is 4. The third-order valence-electron chi connectivity index (χ3n) is 9.10. The van der Waals surface area contributed by atoms with Gasteiger partial charge in [-0.1, -0.05) is 12.2 Å². The molecule has 2 aromatic rings. The highest BCUT2D eigenvalue weighted by Crippen LogP contribution is 2.51. The number of ether oxygens (including phenoxy) is 1. The summed E-state index contributed by atoms with van der Waals surface area (Å²) in [7, 11) is 0. The molecule has 9 nitrogen and oxygen atoms in total. The standard InChI is InChI=1S/C32H35F3N4O5/c1-30(2,3)44-27(42)19-11-17-10-18(12-19)14-20(13-17)37-26(41)22-16-36-29(38-25(22)32(33,34)35)39-24-7-6-21(40)15-23(24)31(28(39)43)8-4-5-9-31/h4,6-8,15-20,40H,5,9-14H2,1-3H3,(H,37,41). The van der Waals surface area contributed by atoms with E-state index in [1.165, 1.54) is 18.2 Å². The molecule has 44 heavy (non-hydrogen) atoms. The summed E-state index contributed by atoms with van der Waals surface area (Å²) in [5, 5.41) is 12.9. The first kappa shape index (κ1) is 30.1. The average Bonchev–Trinajstić information content (AvgIpc) is 3.51. The molecule has 1 aromatic heterocycles. The third-order valence-corrected chi connectivity index (χ3v) is 9.10. The van der Waals surface area contributed by atoms with Crippen LogP contribution in [0.25, 0.3) is 0 Å². The van der Waals surface area contributed by atoms with Crippen LogP contribution in [0.1, 0.15) is 87.3 Å². The number of alkyl halides is 3. The monoisotopic (exact) mass is 612 g/mol. The van der Waals surface area contributed by atoms with Crippen LogP contribution in [0.2, 0.25) is 0 Å². The van der Waals surface area contributed by atoms with Crippen LogP contribution in [0.4, 0.5) is 24.8 Å². The van der Waals surface area contributed by atoms with Crippen LogP contribution in [-0.4, -0.2) is 44.5 Å². The lowest BCUT2D eigenvalue weighted by atomic mass is 9.66. The summed E-state index contributed by atoms with van der Waals surface area (Å²) < 4.78 is 48.6. The maximum Gasteiger partial charge on any atom is 0.434 e. The number of aromatic hydroxyl groups is 1. The molecule has 0 saturated heterocycles. The molecule has 1 spiro atoms. The number of phenols is 1. The highest BCUT2D eigenvalue weighted by molar-refractivity contribution is 6.13. The summed E-state index contributed by atoms with van der Waals surface area (Å²) in [5.74, 6) is -2.20. The molecule has 2 saturated carbocycles. The molecule has 0 radical (unpaired) electrons. The van der Waals surface area contributed by atoms with E-state index in [9.17, 15) is 32.7 Å². The number of esters is 1. The number of hydrogen-bond acceptors (Lipinski definition) is 7. The van der Waals surface area contributed by atoms with Crippen molar-refractivity contribution in [2.45, 2.75) is 89.0 Å². The van der Waals surface area contributed by atoms with Gasteiger partial charge in [0.15, 0.2) is 5.69 Å². The molecule has 2 amide bonds. The van der Waals surface area contributed by atoms with Gasteiger partial charge in [-0.3, -0.25) is 14.4 Å². The normalized spacial score (nSPS) is 27.9.